The van der Waals surface area contributed by atoms with Crippen LogP contribution in [-0.4, -0.2) is 5.11 Å². The van der Waals surface area contributed by atoms with Gasteiger partial charge in [0.15, 0.2) is 0 Å². The molecule has 1 unspecified atom stereocenters. The predicted octanol–water partition coefficient (Wildman–Crippen LogP) is 4.71. The van der Waals surface area contributed by atoms with Crippen molar-refractivity contribution in [3.05, 3.63) is 35.4 Å². The molecule has 2 rings (SSSR count). The molecule has 0 aromatic heterocycles. The van der Waals surface area contributed by atoms with Crippen LogP contribution < -0.4 is 0 Å². The van der Waals surface area contributed by atoms with Gasteiger partial charge in [0.2, 0.25) is 0 Å². The highest BCUT2D eigenvalue weighted by molar-refractivity contribution is 5.27. The van der Waals surface area contributed by atoms with E-state index >= 15 is 0 Å². The van der Waals surface area contributed by atoms with Crippen molar-refractivity contribution >= 4 is 0 Å². The minimum Gasteiger partial charge on any atom is -0.388 e. The molecule has 0 aliphatic heterocycles. The number of rotatable bonds is 6. The summed E-state index contributed by atoms with van der Waals surface area (Å²) in [6, 6.07) is 4.99. The summed E-state index contributed by atoms with van der Waals surface area (Å²) in [5.41, 5.74) is -0.330. The van der Waals surface area contributed by atoms with Crippen LogP contribution in [-0.2, 0) is 6.18 Å². The zero-order valence-electron chi connectivity index (χ0n) is 10.8. The Hall–Kier alpha value is -1.03. The lowest BCUT2D eigenvalue weighted by Crippen LogP contribution is -2.06. The van der Waals surface area contributed by atoms with Crippen LogP contribution >= 0.6 is 0 Å². The molecule has 0 amide bonds. The molecule has 0 saturated heterocycles. The monoisotopic (exact) mass is 272 g/mol. The van der Waals surface area contributed by atoms with Crippen molar-refractivity contribution in [3.8, 4) is 0 Å². The third-order valence-electron chi connectivity index (χ3n) is 3.64. The van der Waals surface area contributed by atoms with Crippen LogP contribution in [0.3, 0.4) is 0 Å². The van der Waals surface area contributed by atoms with Crippen molar-refractivity contribution in [2.45, 2.75) is 50.8 Å². The molecular weight excluding hydrogens is 253 g/mol. The van der Waals surface area contributed by atoms with Crippen molar-refractivity contribution < 1.29 is 18.3 Å². The van der Waals surface area contributed by atoms with E-state index in [1.54, 1.807) is 6.07 Å². The van der Waals surface area contributed by atoms with Crippen molar-refractivity contribution in [1.29, 1.82) is 0 Å². The summed E-state index contributed by atoms with van der Waals surface area (Å²) in [4.78, 5) is 0. The second-order valence-corrected chi connectivity index (χ2v) is 5.37. The fraction of sp³-hybridized carbons (Fsp3) is 0.600. The van der Waals surface area contributed by atoms with E-state index in [2.05, 4.69) is 0 Å². The van der Waals surface area contributed by atoms with Crippen molar-refractivity contribution in [2.75, 3.05) is 0 Å². The molecule has 0 radical (unpaired) electrons. The Morgan fingerprint density at radius 2 is 1.95 bits per heavy atom. The molecule has 0 spiro atoms. The lowest BCUT2D eigenvalue weighted by molar-refractivity contribution is -0.137. The summed E-state index contributed by atoms with van der Waals surface area (Å²) in [5, 5.41) is 9.92. The third-order valence-corrected chi connectivity index (χ3v) is 3.64. The van der Waals surface area contributed by atoms with Crippen molar-refractivity contribution in [2.24, 2.45) is 5.92 Å². The molecule has 1 aromatic carbocycles. The van der Waals surface area contributed by atoms with Gasteiger partial charge in [-0.1, -0.05) is 44.2 Å². The fourth-order valence-electron chi connectivity index (χ4n) is 2.27. The fourth-order valence-corrected chi connectivity index (χ4v) is 2.27. The molecule has 0 heterocycles. The van der Waals surface area contributed by atoms with Gasteiger partial charge in [-0.15, -0.1) is 0 Å². The van der Waals surface area contributed by atoms with Gasteiger partial charge in [0, 0.05) is 0 Å². The summed E-state index contributed by atoms with van der Waals surface area (Å²) in [7, 11) is 0. The van der Waals surface area contributed by atoms with E-state index in [0.29, 0.717) is 12.0 Å². The molecule has 106 valence electrons. The molecule has 1 saturated carbocycles. The summed E-state index contributed by atoms with van der Waals surface area (Å²) < 4.78 is 37.7. The number of unbranched alkanes of at least 4 members (excludes halogenated alkanes) is 1. The third kappa shape index (κ3) is 4.53. The van der Waals surface area contributed by atoms with Gasteiger partial charge in [-0.05, 0) is 30.0 Å². The Kier molecular flexibility index (Phi) is 4.50. The van der Waals surface area contributed by atoms with Crippen LogP contribution in [0, 0.1) is 5.92 Å². The average molecular weight is 272 g/mol. The highest BCUT2D eigenvalue weighted by atomic mass is 19.4. The van der Waals surface area contributed by atoms with Gasteiger partial charge in [0.05, 0.1) is 11.7 Å². The summed E-state index contributed by atoms with van der Waals surface area (Å²) in [6.07, 6.45) is 1.15. The Labute approximate surface area is 111 Å². The SMILES string of the molecule is OC(CCCCC1CC1)c1cccc(C(F)(F)F)c1. The lowest BCUT2D eigenvalue weighted by atomic mass is 10.0. The maximum absolute atomic E-state index is 12.6. The zero-order valence-corrected chi connectivity index (χ0v) is 10.8. The van der Waals surface area contributed by atoms with Gasteiger partial charge in [-0.2, -0.15) is 13.2 Å². The predicted molar refractivity (Wildman–Crippen MR) is 67.6 cm³/mol. The molecule has 1 N–H and O–H groups in total. The Morgan fingerprint density at radius 3 is 2.58 bits per heavy atom. The molecule has 4 heteroatoms. The van der Waals surface area contributed by atoms with Crippen molar-refractivity contribution in [3.63, 3.8) is 0 Å². The molecule has 1 aromatic rings. The minimum atomic E-state index is -4.35. The zero-order chi connectivity index (χ0) is 13.9. The lowest BCUT2D eigenvalue weighted by Gasteiger charge is -2.13. The topological polar surface area (TPSA) is 20.2 Å². The van der Waals surface area contributed by atoms with Gasteiger partial charge >= 0.3 is 6.18 Å². The van der Waals surface area contributed by atoms with Gasteiger partial charge in [0.1, 0.15) is 0 Å². The van der Waals surface area contributed by atoms with Crippen molar-refractivity contribution in [1.82, 2.24) is 0 Å². The van der Waals surface area contributed by atoms with Crippen LogP contribution in [0.2, 0.25) is 0 Å². The van der Waals surface area contributed by atoms with E-state index in [0.717, 1.165) is 30.9 Å². The largest absolute Gasteiger partial charge is 0.416 e. The van der Waals surface area contributed by atoms with Crippen LogP contribution in [0.15, 0.2) is 24.3 Å². The molecule has 1 fully saturated rings. The second kappa shape index (κ2) is 5.95. The molecule has 0 bridgehead atoms. The first-order valence-corrected chi connectivity index (χ1v) is 6.82. The number of aliphatic hydroxyl groups is 1. The minimum absolute atomic E-state index is 0.362. The molecular formula is C15H19F3O. The standard InChI is InChI=1S/C15H19F3O/c16-15(17,18)13-6-3-5-12(10-13)14(19)7-2-1-4-11-8-9-11/h3,5-6,10-11,14,19H,1-2,4,7-9H2. The quantitative estimate of drug-likeness (QED) is 0.744. The summed E-state index contributed by atoms with van der Waals surface area (Å²) >= 11 is 0. The van der Waals surface area contributed by atoms with Gasteiger partial charge in [0.25, 0.3) is 0 Å². The Morgan fingerprint density at radius 1 is 1.21 bits per heavy atom. The number of halogens is 3. The summed E-state index contributed by atoms with van der Waals surface area (Å²) in [5.74, 6) is 0.866. The first-order valence-electron chi connectivity index (χ1n) is 6.82. The molecule has 1 atom stereocenters. The van der Waals surface area contributed by atoms with E-state index in [-0.39, 0.29) is 0 Å². The molecule has 1 nitrogen and oxygen atoms in total. The highest BCUT2D eigenvalue weighted by Gasteiger charge is 2.30. The first-order chi connectivity index (χ1) is 8.97. The molecule has 19 heavy (non-hydrogen) atoms. The van der Waals surface area contributed by atoms with E-state index in [9.17, 15) is 18.3 Å². The number of benzene rings is 1. The first kappa shape index (κ1) is 14.4. The maximum atomic E-state index is 12.6. The second-order valence-electron chi connectivity index (χ2n) is 5.37. The normalized spacial score (nSPS) is 17.5. The molecule has 1 aliphatic rings. The number of hydrogen-bond donors (Lipinski definition) is 1. The number of hydrogen-bond acceptors (Lipinski definition) is 1. The van der Waals surface area contributed by atoms with E-state index in [1.807, 2.05) is 0 Å². The highest BCUT2D eigenvalue weighted by Crippen LogP contribution is 2.35. The number of aliphatic hydroxyl groups excluding tert-OH is 1. The summed E-state index contributed by atoms with van der Waals surface area (Å²) in [6.45, 7) is 0. The van der Waals surface area contributed by atoms with Crippen LogP contribution in [0.5, 0.6) is 0 Å². The number of alkyl halides is 3. The smallest absolute Gasteiger partial charge is 0.388 e. The van der Waals surface area contributed by atoms with Gasteiger partial charge in [-0.25, -0.2) is 0 Å². The van der Waals surface area contributed by atoms with Crippen LogP contribution in [0.25, 0.3) is 0 Å². The molecule has 1 aliphatic carbocycles. The average Bonchev–Trinajstić information content (AvgIpc) is 3.17. The van der Waals surface area contributed by atoms with E-state index in [1.165, 1.54) is 25.3 Å². The Bertz CT molecular complexity index is 410. The van der Waals surface area contributed by atoms with Crippen LogP contribution in [0.1, 0.15) is 55.8 Å². The Balaban J connectivity index is 1.85. The van der Waals surface area contributed by atoms with Gasteiger partial charge < -0.3 is 5.11 Å². The maximum Gasteiger partial charge on any atom is 0.416 e. The van der Waals surface area contributed by atoms with E-state index < -0.39 is 17.8 Å². The van der Waals surface area contributed by atoms with Crippen LogP contribution in [0.4, 0.5) is 13.2 Å². The van der Waals surface area contributed by atoms with Gasteiger partial charge in [-0.3, -0.25) is 0 Å². The van der Waals surface area contributed by atoms with E-state index in [4.69, 9.17) is 0 Å².